The summed E-state index contributed by atoms with van der Waals surface area (Å²) in [6.45, 7) is 0.634. The lowest BCUT2D eigenvalue weighted by atomic mass is 9.78. The van der Waals surface area contributed by atoms with Gasteiger partial charge in [0.25, 0.3) is 0 Å². The first-order valence-corrected chi connectivity index (χ1v) is 9.09. The van der Waals surface area contributed by atoms with Crippen molar-refractivity contribution in [2.75, 3.05) is 11.9 Å². The third kappa shape index (κ3) is 3.05. The minimum Gasteiger partial charge on any atom is -0.372 e. The van der Waals surface area contributed by atoms with Gasteiger partial charge in [-0.1, -0.05) is 12.1 Å². The normalized spacial score (nSPS) is 22.2. The highest BCUT2D eigenvalue weighted by Crippen LogP contribution is 2.46. The van der Waals surface area contributed by atoms with Crippen LogP contribution in [0, 0.1) is 0 Å². The zero-order chi connectivity index (χ0) is 15.7. The second-order valence-electron chi connectivity index (χ2n) is 6.51. The van der Waals surface area contributed by atoms with Crippen LogP contribution in [0.5, 0.6) is 0 Å². The van der Waals surface area contributed by atoms with E-state index in [0.717, 1.165) is 22.9 Å². The number of fused-ring (bicyclic) bond motifs is 1. The highest BCUT2D eigenvalue weighted by Gasteiger charge is 2.44. The van der Waals surface area contributed by atoms with Gasteiger partial charge >= 0.3 is 6.03 Å². The molecular weight excluding hydrogens is 310 g/mol. The number of ether oxygens (including phenoxy) is 1. The smallest absolute Gasteiger partial charge is 0.320 e. The van der Waals surface area contributed by atoms with Crippen LogP contribution in [0.2, 0.25) is 0 Å². The van der Waals surface area contributed by atoms with Crippen LogP contribution >= 0.6 is 11.5 Å². The fourth-order valence-electron chi connectivity index (χ4n) is 3.51. The van der Waals surface area contributed by atoms with Crippen molar-refractivity contribution in [1.29, 1.82) is 0 Å². The van der Waals surface area contributed by atoms with Gasteiger partial charge < -0.3 is 10.1 Å². The molecule has 1 saturated carbocycles. The number of nitrogens with one attached hydrogen (secondary N) is 2. The average Bonchev–Trinajstić information content (AvgIpc) is 3.12. The van der Waals surface area contributed by atoms with Crippen LogP contribution in [0.15, 0.2) is 24.3 Å². The number of hydrogen-bond acceptors (Lipinski definition) is 4. The summed E-state index contributed by atoms with van der Waals surface area (Å²) in [5.41, 5.74) is 0.201. The molecule has 4 rings (SSSR count). The Balaban J connectivity index is 1.24. The summed E-state index contributed by atoms with van der Waals surface area (Å²) in [6, 6.07) is 7.70. The molecule has 1 aliphatic heterocycles. The first kappa shape index (κ1) is 14.9. The van der Waals surface area contributed by atoms with Crippen LogP contribution in [0.4, 0.5) is 10.6 Å². The molecule has 0 radical (unpaired) electrons. The third-order valence-corrected chi connectivity index (χ3v) is 5.79. The fraction of sp³-hybridized carbons (Fsp3) is 0.529. The number of urea groups is 1. The summed E-state index contributed by atoms with van der Waals surface area (Å²) < 4.78 is 11.5. The maximum Gasteiger partial charge on any atom is 0.320 e. The SMILES string of the molecule is O=C(NCCC1CCC2(CCC2)O1)Nc1nsc2ccccc12. The van der Waals surface area contributed by atoms with E-state index >= 15 is 0 Å². The van der Waals surface area contributed by atoms with Gasteiger partial charge in [0, 0.05) is 11.9 Å². The van der Waals surface area contributed by atoms with Gasteiger partial charge in [0.15, 0.2) is 5.82 Å². The number of rotatable bonds is 4. The third-order valence-electron chi connectivity index (χ3n) is 4.96. The quantitative estimate of drug-likeness (QED) is 0.893. The zero-order valence-electron chi connectivity index (χ0n) is 13.0. The van der Waals surface area contributed by atoms with Crippen LogP contribution in [-0.4, -0.2) is 28.7 Å². The van der Waals surface area contributed by atoms with E-state index in [1.54, 1.807) is 0 Å². The van der Waals surface area contributed by atoms with Gasteiger partial charge in [0.1, 0.15) is 0 Å². The van der Waals surface area contributed by atoms with Crippen molar-refractivity contribution in [3.63, 3.8) is 0 Å². The Hall–Kier alpha value is -1.66. The largest absolute Gasteiger partial charge is 0.372 e. The lowest BCUT2D eigenvalue weighted by molar-refractivity contribution is -0.0920. The van der Waals surface area contributed by atoms with Crippen molar-refractivity contribution in [2.24, 2.45) is 0 Å². The van der Waals surface area contributed by atoms with Gasteiger partial charge in [-0.3, -0.25) is 5.32 Å². The Morgan fingerprint density at radius 2 is 2.22 bits per heavy atom. The van der Waals surface area contributed by atoms with Crippen molar-refractivity contribution >= 4 is 33.5 Å². The number of carbonyl (C=O) groups is 1. The Morgan fingerprint density at radius 3 is 3.00 bits per heavy atom. The molecule has 2 heterocycles. The number of hydrogen-bond donors (Lipinski definition) is 2. The number of amides is 2. The minimum atomic E-state index is -0.197. The van der Waals surface area contributed by atoms with E-state index in [4.69, 9.17) is 4.74 Å². The molecule has 2 aromatic rings. The van der Waals surface area contributed by atoms with Gasteiger partial charge in [-0.05, 0) is 62.2 Å². The van der Waals surface area contributed by atoms with Gasteiger partial charge in [0.2, 0.25) is 0 Å². The lowest BCUT2D eigenvalue weighted by Gasteiger charge is -2.38. The molecule has 6 heteroatoms. The van der Waals surface area contributed by atoms with E-state index in [1.807, 2.05) is 24.3 Å². The van der Waals surface area contributed by atoms with Crippen molar-refractivity contribution in [1.82, 2.24) is 9.69 Å². The average molecular weight is 331 g/mol. The standard InChI is InChI=1S/C17H21N3O2S/c21-16(19-15-13-4-1-2-5-14(13)23-20-15)18-11-7-12-6-10-17(22-12)8-3-9-17/h1-2,4-5,12H,3,6-11H2,(H2,18,19,20,21). The van der Waals surface area contributed by atoms with Crippen molar-refractivity contribution in [2.45, 2.75) is 50.2 Å². The number of anilines is 1. The van der Waals surface area contributed by atoms with Crippen molar-refractivity contribution < 1.29 is 9.53 Å². The van der Waals surface area contributed by atoms with E-state index in [1.165, 1.54) is 37.2 Å². The topological polar surface area (TPSA) is 63.2 Å². The molecule has 1 unspecified atom stereocenters. The number of aromatic nitrogens is 1. The van der Waals surface area contributed by atoms with Crippen LogP contribution < -0.4 is 10.6 Å². The number of benzene rings is 1. The molecule has 23 heavy (non-hydrogen) atoms. The number of nitrogens with zero attached hydrogens (tertiary/aromatic N) is 1. The van der Waals surface area contributed by atoms with E-state index in [-0.39, 0.29) is 11.6 Å². The Kier molecular flexibility index (Phi) is 3.95. The maximum atomic E-state index is 12.0. The molecular formula is C17H21N3O2S. The summed E-state index contributed by atoms with van der Waals surface area (Å²) in [7, 11) is 0. The summed E-state index contributed by atoms with van der Waals surface area (Å²) in [6.07, 6.45) is 7.23. The molecule has 1 aromatic heterocycles. The van der Waals surface area contributed by atoms with Gasteiger partial charge in [0.05, 0.1) is 16.4 Å². The van der Waals surface area contributed by atoms with Crippen molar-refractivity contribution in [3.8, 4) is 0 Å². The van der Waals surface area contributed by atoms with Crippen LogP contribution in [-0.2, 0) is 4.74 Å². The number of carbonyl (C=O) groups excluding carboxylic acids is 1. The van der Waals surface area contributed by atoms with Crippen LogP contribution in [0.3, 0.4) is 0 Å². The van der Waals surface area contributed by atoms with Crippen LogP contribution in [0.1, 0.15) is 38.5 Å². The molecule has 5 nitrogen and oxygen atoms in total. The molecule has 1 atom stereocenters. The molecule has 1 aliphatic carbocycles. The molecule has 1 saturated heterocycles. The summed E-state index contributed by atoms with van der Waals surface area (Å²) in [4.78, 5) is 12.0. The van der Waals surface area contributed by atoms with Crippen molar-refractivity contribution in [3.05, 3.63) is 24.3 Å². The zero-order valence-corrected chi connectivity index (χ0v) is 13.8. The molecule has 2 N–H and O–H groups in total. The molecule has 2 amide bonds. The first-order valence-electron chi connectivity index (χ1n) is 8.31. The predicted molar refractivity (Wildman–Crippen MR) is 91.9 cm³/mol. The molecule has 0 bridgehead atoms. The lowest BCUT2D eigenvalue weighted by Crippen LogP contribution is -2.37. The molecule has 1 aromatic carbocycles. The second kappa shape index (κ2) is 6.09. The molecule has 1 spiro atoms. The monoisotopic (exact) mass is 331 g/mol. The van der Waals surface area contributed by atoms with Gasteiger partial charge in [-0.25, -0.2) is 4.79 Å². The fourth-order valence-corrected chi connectivity index (χ4v) is 4.25. The highest BCUT2D eigenvalue weighted by molar-refractivity contribution is 7.13. The highest BCUT2D eigenvalue weighted by atomic mass is 32.1. The molecule has 122 valence electrons. The van der Waals surface area contributed by atoms with Crippen LogP contribution in [0.25, 0.3) is 10.1 Å². The Bertz CT molecular complexity index is 711. The Morgan fingerprint density at radius 1 is 1.35 bits per heavy atom. The summed E-state index contributed by atoms with van der Waals surface area (Å²) >= 11 is 1.40. The van der Waals surface area contributed by atoms with E-state index in [9.17, 15) is 4.79 Å². The predicted octanol–water partition coefficient (Wildman–Crippen LogP) is 3.91. The van der Waals surface area contributed by atoms with E-state index in [0.29, 0.717) is 18.5 Å². The molecule has 2 fully saturated rings. The molecule has 2 aliphatic rings. The summed E-state index contributed by atoms with van der Waals surface area (Å²) in [5, 5.41) is 6.73. The first-order chi connectivity index (χ1) is 11.2. The maximum absolute atomic E-state index is 12.0. The van der Waals surface area contributed by atoms with E-state index in [2.05, 4.69) is 15.0 Å². The van der Waals surface area contributed by atoms with Gasteiger partial charge in [-0.2, -0.15) is 4.37 Å². The second-order valence-corrected chi connectivity index (χ2v) is 7.32. The Labute approximate surface area is 139 Å². The van der Waals surface area contributed by atoms with Gasteiger partial charge in [-0.15, -0.1) is 0 Å². The summed E-state index contributed by atoms with van der Waals surface area (Å²) in [5.74, 6) is 0.633. The van der Waals surface area contributed by atoms with E-state index < -0.39 is 0 Å². The minimum absolute atomic E-state index is 0.197.